The van der Waals surface area contributed by atoms with Crippen LogP contribution in [0, 0.1) is 0 Å². The quantitative estimate of drug-likeness (QED) is 0.816. The summed E-state index contributed by atoms with van der Waals surface area (Å²) in [5, 5.41) is 0.740. The van der Waals surface area contributed by atoms with Crippen LogP contribution < -0.4 is 5.73 Å². The first-order valence-electron chi connectivity index (χ1n) is 7.99. The number of primary amides is 1. The first kappa shape index (κ1) is 17.8. The van der Waals surface area contributed by atoms with E-state index in [-0.39, 0.29) is 5.91 Å². The lowest BCUT2D eigenvalue weighted by Crippen LogP contribution is -2.38. The second kappa shape index (κ2) is 8.40. The fraction of sp³-hybridized carbons (Fsp3) is 0.278. The average molecular weight is 374 g/mol. The van der Waals surface area contributed by atoms with E-state index in [1.54, 1.807) is 24.4 Å². The number of hydrogen-bond acceptors (Lipinski definition) is 5. The molecular formula is C18H19N3O2S2. The van der Waals surface area contributed by atoms with Crippen LogP contribution in [0.2, 0.25) is 0 Å². The van der Waals surface area contributed by atoms with Crippen LogP contribution >= 0.6 is 23.5 Å². The highest BCUT2D eigenvalue weighted by Crippen LogP contribution is 2.26. The molecule has 1 saturated heterocycles. The highest BCUT2D eigenvalue weighted by atomic mass is 32.2. The maximum Gasteiger partial charge on any atom is 0.256 e. The lowest BCUT2D eigenvalue weighted by Gasteiger charge is -2.26. The summed E-state index contributed by atoms with van der Waals surface area (Å²) < 4.78 is 0. The molecule has 0 spiro atoms. The molecule has 0 aliphatic carbocycles. The third-order valence-corrected chi connectivity index (χ3v) is 5.93. The van der Waals surface area contributed by atoms with Gasteiger partial charge in [-0.1, -0.05) is 12.1 Å². The largest absolute Gasteiger partial charge is 0.366 e. The normalized spacial score (nSPS) is 14.3. The molecule has 25 heavy (non-hydrogen) atoms. The van der Waals surface area contributed by atoms with E-state index in [1.807, 2.05) is 34.9 Å². The lowest BCUT2D eigenvalue weighted by molar-refractivity contribution is 0.0767. The topological polar surface area (TPSA) is 76.3 Å². The molecule has 2 heterocycles. The molecule has 1 aliphatic rings. The molecule has 1 aromatic heterocycles. The standard InChI is InChI=1S/C18H19N3O2S2/c19-16(22)14-5-3-13(4-6-14)12-25-17-15(2-1-7-20-17)18(23)21-8-10-24-11-9-21/h1-7H,8-12H2,(H2,19,22). The second-order valence-corrected chi connectivity index (χ2v) is 7.80. The van der Waals surface area contributed by atoms with Crippen molar-refractivity contribution >= 4 is 35.3 Å². The molecule has 7 heteroatoms. The number of pyridine rings is 1. The number of thioether (sulfide) groups is 2. The fourth-order valence-electron chi connectivity index (χ4n) is 2.52. The molecule has 2 N–H and O–H groups in total. The number of hydrogen-bond donors (Lipinski definition) is 1. The van der Waals surface area contributed by atoms with Gasteiger partial charge in [-0.15, -0.1) is 11.8 Å². The van der Waals surface area contributed by atoms with Gasteiger partial charge in [-0.25, -0.2) is 4.98 Å². The zero-order valence-electron chi connectivity index (χ0n) is 13.7. The molecule has 1 aliphatic heterocycles. The SMILES string of the molecule is NC(=O)c1ccc(CSc2ncccc2C(=O)N2CCSCC2)cc1. The van der Waals surface area contributed by atoms with Crippen LogP contribution in [0.1, 0.15) is 26.3 Å². The Labute approximate surface area is 155 Å². The Balaban J connectivity index is 1.70. The summed E-state index contributed by atoms with van der Waals surface area (Å²) in [6.45, 7) is 1.58. The van der Waals surface area contributed by atoms with Gasteiger partial charge >= 0.3 is 0 Å². The monoisotopic (exact) mass is 373 g/mol. The van der Waals surface area contributed by atoms with Gasteiger partial charge in [0.1, 0.15) is 5.03 Å². The van der Waals surface area contributed by atoms with E-state index in [1.165, 1.54) is 11.8 Å². The highest BCUT2D eigenvalue weighted by Gasteiger charge is 2.21. The molecule has 5 nitrogen and oxygen atoms in total. The van der Waals surface area contributed by atoms with Crippen LogP contribution in [0.25, 0.3) is 0 Å². The zero-order chi connectivity index (χ0) is 17.6. The van der Waals surface area contributed by atoms with Gasteiger partial charge in [0.25, 0.3) is 5.91 Å². The number of rotatable bonds is 5. The summed E-state index contributed by atoms with van der Waals surface area (Å²) in [7, 11) is 0. The minimum Gasteiger partial charge on any atom is -0.366 e. The Kier molecular flexibility index (Phi) is 5.99. The minimum absolute atomic E-state index is 0.0555. The van der Waals surface area contributed by atoms with Gasteiger partial charge < -0.3 is 10.6 Å². The van der Waals surface area contributed by atoms with Crippen molar-refractivity contribution in [3.63, 3.8) is 0 Å². The molecule has 2 amide bonds. The summed E-state index contributed by atoms with van der Waals surface area (Å²) >= 11 is 3.41. The van der Waals surface area contributed by atoms with Gasteiger partial charge in [-0.2, -0.15) is 11.8 Å². The number of nitrogens with zero attached hydrogens (tertiary/aromatic N) is 2. The number of carbonyl (C=O) groups excluding carboxylic acids is 2. The first-order chi connectivity index (χ1) is 12.1. The summed E-state index contributed by atoms with van der Waals surface area (Å²) in [5.41, 5.74) is 7.46. The Morgan fingerprint density at radius 2 is 1.88 bits per heavy atom. The summed E-state index contributed by atoms with van der Waals surface area (Å²) in [5.74, 6) is 2.27. The van der Waals surface area contributed by atoms with E-state index in [4.69, 9.17) is 5.73 Å². The molecule has 0 saturated carbocycles. The Hall–Kier alpha value is -1.99. The predicted molar refractivity (Wildman–Crippen MR) is 102 cm³/mol. The number of aromatic nitrogens is 1. The van der Waals surface area contributed by atoms with E-state index in [9.17, 15) is 9.59 Å². The average Bonchev–Trinajstić information content (AvgIpc) is 2.67. The molecular weight excluding hydrogens is 354 g/mol. The van der Waals surface area contributed by atoms with Crippen LogP contribution in [0.15, 0.2) is 47.6 Å². The van der Waals surface area contributed by atoms with Crippen molar-refractivity contribution in [1.82, 2.24) is 9.88 Å². The van der Waals surface area contributed by atoms with Crippen molar-refractivity contribution in [3.8, 4) is 0 Å². The van der Waals surface area contributed by atoms with Gasteiger partial charge in [0.15, 0.2) is 0 Å². The third kappa shape index (κ3) is 4.55. The first-order valence-corrected chi connectivity index (χ1v) is 10.1. The summed E-state index contributed by atoms with van der Waals surface area (Å²) in [6, 6.07) is 10.8. The molecule has 130 valence electrons. The predicted octanol–water partition coefficient (Wildman–Crippen LogP) is 2.66. The maximum atomic E-state index is 12.8. The van der Waals surface area contributed by atoms with E-state index >= 15 is 0 Å². The van der Waals surface area contributed by atoms with Crippen molar-refractivity contribution in [2.75, 3.05) is 24.6 Å². The Morgan fingerprint density at radius 1 is 1.16 bits per heavy atom. The van der Waals surface area contributed by atoms with Gasteiger partial charge in [-0.3, -0.25) is 9.59 Å². The van der Waals surface area contributed by atoms with Gasteiger partial charge in [-0.05, 0) is 29.8 Å². The van der Waals surface area contributed by atoms with Gasteiger partial charge in [0, 0.05) is 42.1 Å². The molecule has 0 unspecified atom stereocenters. The summed E-state index contributed by atoms with van der Waals surface area (Å²) in [6.07, 6.45) is 1.71. The molecule has 1 aromatic carbocycles. The molecule has 0 radical (unpaired) electrons. The molecule has 0 bridgehead atoms. The van der Waals surface area contributed by atoms with Crippen LogP contribution in [0.3, 0.4) is 0 Å². The third-order valence-electron chi connectivity index (χ3n) is 3.91. The number of carbonyl (C=O) groups is 2. The highest BCUT2D eigenvalue weighted by molar-refractivity contribution is 7.99. The molecule has 3 rings (SSSR count). The molecule has 2 aromatic rings. The van der Waals surface area contributed by atoms with Crippen molar-refractivity contribution in [2.24, 2.45) is 5.73 Å². The fourth-order valence-corrected chi connectivity index (χ4v) is 4.37. The number of nitrogens with two attached hydrogens (primary N) is 1. The maximum absolute atomic E-state index is 12.8. The molecule has 0 atom stereocenters. The van der Waals surface area contributed by atoms with Crippen molar-refractivity contribution in [3.05, 3.63) is 59.3 Å². The summed E-state index contributed by atoms with van der Waals surface area (Å²) in [4.78, 5) is 30.2. The van der Waals surface area contributed by atoms with E-state index in [0.717, 1.165) is 35.2 Å². The van der Waals surface area contributed by atoms with E-state index in [2.05, 4.69) is 4.98 Å². The Morgan fingerprint density at radius 3 is 2.56 bits per heavy atom. The van der Waals surface area contributed by atoms with Crippen LogP contribution in [0.4, 0.5) is 0 Å². The minimum atomic E-state index is -0.434. The number of amides is 2. The van der Waals surface area contributed by atoms with Crippen molar-refractivity contribution < 1.29 is 9.59 Å². The smallest absolute Gasteiger partial charge is 0.256 e. The Bertz CT molecular complexity index is 759. The second-order valence-electron chi connectivity index (χ2n) is 5.61. The van der Waals surface area contributed by atoms with E-state index in [0.29, 0.717) is 16.9 Å². The van der Waals surface area contributed by atoms with E-state index < -0.39 is 5.91 Å². The zero-order valence-corrected chi connectivity index (χ0v) is 15.3. The van der Waals surface area contributed by atoms with Crippen LogP contribution in [-0.4, -0.2) is 46.3 Å². The molecule has 1 fully saturated rings. The van der Waals surface area contributed by atoms with Gasteiger partial charge in [0.2, 0.25) is 5.91 Å². The number of benzene rings is 1. The van der Waals surface area contributed by atoms with Crippen molar-refractivity contribution in [2.45, 2.75) is 10.8 Å². The van der Waals surface area contributed by atoms with Crippen molar-refractivity contribution in [1.29, 1.82) is 0 Å². The van der Waals surface area contributed by atoms with Crippen LogP contribution in [-0.2, 0) is 5.75 Å². The lowest BCUT2D eigenvalue weighted by atomic mass is 10.1. The van der Waals surface area contributed by atoms with Gasteiger partial charge in [0.05, 0.1) is 5.56 Å². The van der Waals surface area contributed by atoms with Crippen LogP contribution in [0.5, 0.6) is 0 Å².